The number of thiophene rings is 1. The van der Waals surface area contributed by atoms with E-state index in [0.717, 1.165) is 26.1 Å². The third kappa shape index (κ3) is 5.15. The average Bonchev–Trinajstić information content (AvgIpc) is 3.17. The van der Waals surface area contributed by atoms with Gasteiger partial charge < -0.3 is 10.2 Å². The maximum absolute atomic E-state index is 13.3. The lowest BCUT2D eigenvalue weighted by molar-refractivity contribution is -0.121. The summed E-state index contributed by atoms with van der Waals surface area (Å²) in [5, 5.41) is 3.19. The molecule has 0 spiro atoms. The van der Waals surface area contributed by atoms with E-state index >= 15 is 0 Å². The van der Waals surface area contributed by atoms with Gasteiger partial charge in [0.05, 0.1) is 16.6 Å². The van der Waals surface area contributed by atoms with Crippen molar-refractivity contribution < 1.29 is 9.59 Å². The van der Waals surface area contributed by atoms with Crippen molar-refractivity contribution in [1.82, 2.24) is 24.7 Å². The first kappa shape index (κ1) is 23.1. The third-order valence-corrected chi connectivity index (χ3v) is 7.09. The van der Waals surface area contributed by atoms with Gasteiger partial charge in [0.2, 0.25) is 5.91 Å². The Labute approximate surface area is 196 Å². The first-order valence-corrected chi connectivity index (χ1v) is 12.1. The molecule has 0 unspecified atom stereocenters. The number of hydrogen-bond donors (Lipinski definition) is 1. The molecule has 8 nitrogen and oxygen atoms in total. The predicted octanol–water partition coefficient (Wildman–Crippen LogP) is 2.25. The molecule has 1 aliphatic rings. The van der Waals surface area contributed by atoms with Crippen LogP contribution in [0.2, 0.25) is 0 Å². The molecule has 4 rings (SSSR count). The summed E-state index contributed by atoms with van der Waals surface area (Å²) >= 11 is 1.25. The number of carbonyl (C=O) groups is 2. The van der Waals surface area contributed by atoms with E-state index < -0.39 is 0 Å². The van der Waals surface area contributed by atoms with Gasteiger partial charge in [0.15, 0.2) is 0 Å². The lowest BCUT2D eigenvalue weighted by Gasteiger charge is -2.34. The number of fused-ring (bicyclic) bond motifs is 1. The zero-order valence-corrected chi connectivity index (χ0v) is 19.9. The highest BCUT2D eigenvalue weighted by atomic mass is 32.1. The van der Waals surface area contributed by atoms with Crippen LogP contribution in [0.25, 0.3) is 10.2 Å². The molecule has 0 radical (unpaired) electrons. The quantitative estimate of drug-likeness (QED) is 0.576. The molecule has 1 aromatic carbocycles. The van der Waals surface area contributed by atoms with Crippen LogP contribution in [0.4, 0.5) is 0 Å². The highest BCUT2D eigenvalue weighted by Crippen LogP contribution is 2.28. The number of nitrogens with one attached hydrogen (secondary N) is 1. The van der Waals surface area contributed by atoms with Crippen molar-refractivity contribution in [3.63, 3.8) is 0 Å². The molecular weight excluding hydrogens is 438 g/mol. The maximum atomic E-state index is 13.3. The largest absolute Gasteiger partial charge is 0.355 e. The summed E-state index contributed by atoms with van der Waals surface area (Å²) in [6.45, 7) is 8.04. The molecule has 0 bridgehead atoms. The average molecular weight is 468 g/mol. The Balaban J connectivity index is 1.46. The number of piperazine rings is 1. The summed E-state index contributed by atoms with van der Waals surface area (Å²) in [5.41, 5.74) is 1.63. The van der Waals surface area contributed by atoms with Crippen molar-refractivity contribution >= 4 is 33.4 Å². The molecule has 3 heterocycles. The van der Waals surface area contributed by atoms with Crippen molar-refractivity contribution in [2.75, 3.05) is 32.7 Å². The normalized spacial score (nSPS) is 14.5. The van der Waals surface area contributed by atoms with Crippen LogP contribution in [0, 0.1) is 6.92 Å². The summed E-state index contributed by atoms with van der Waals surface area (Å²) in [7, 11) is 0. The lowest BCUT2D eigenvalue weighted by Crippen LogP contribution is -2.48. The van der Waals surface area contributed by atoms with E-state index in [1.54, 1.807) is 6.92 Å². The predicted molar refractivity (Wildman–Crippen MR) is 130 cm³/mol. The monoisotopic (exact) mass is 467 g/mol. The molecule has 1 saturated heterocycles. The Kier molecular flexibility index (Phi) is 7.20. The Bertz CT molecular complexity index is 1200. The summed E-state index contributed by atoms with van der Waals surface area (Å²) in [5.74, 6) is -0.279. The molecule has 0 saturated carbocycles. The minimum Gasteiger partial charge on any atom is -0.355 e. The Morgan fingerprint density at radius 3 is 2.55 bits per heavy atom. The molecule has 33 heavy (non-hydrogen) atoms. The minimum atomic E-state index is -0.285. The molecule has 2 amide bonds. The molecular formula is C24H29N5O3S. The molecule has 9 heteroatoms. The Morgan fingerprint density at radius 2 is 1.85 bits per heavy atom. The second kappa shape index (κ2) is 10.3. The maximum Gasteiger partial charge on any atom is 0.264 e. The summed E-state index contributed by atoms with van der Waals surface area (Å²) in [6, 6.07) is 10.3. The van der Waals surface area contributed by atoms with Crippen LogP contribution >= 0.6 is 11.3 Å². The van der Waals surface area contributed by atoms with E-state index in [4.69, 9.17) is 0 Å². The SMILES string of the molecule is CCCNC(=O)Cn1cnc2sc(C(=O)N3CCN(Cc4ccccc4)CC3)c(C)c2c1=O. The molecule has 2 aromatic heterocycles. The first-order valence-electron chi connectivity index (χ1n) is 11.3. The van der Waals surface area contributed by atoms with Crippen molar-refractivity contribution in [2.24, 2.45) is 0 Å². The summed E-state index contributed by atoms with van der Waals surface area (Å²) < 4.78 is 1.31. The highest BCUT2D eigenvalue weighted by molar-refractivity contribution is 7.20. The van der Waals surface area contributed by atoms with Gasteiger partial charge in [0.1, 0.15) is 11.4 Å². The first-order chi connectivity index (χ1) is 16.0. The molecule has 1 aliphatic heterocycles. The number of aryl methyl sites for hydroxylation is 1. The van der Waals surface area contributed by atoms with Gasteiger partial charge in [-0.2, -0.15) is 0 Å². The number of aromatic nitrogens is 2. The van der Waals surface area contributed by atoms with Crippen LogP contribution in [0.1, 0.15) is 34.1 Å². The Hall–Kier alpha value is -3.04. The fourth-order valence-corrected chi connectivity index (χ4v) is 5.15. The van der Waals surface area contributed by atoms with E-state index in [1.807, 2.05) is 30.0 Å². The van der Waals surface area contributed by atoms with Gasteiger partial charge in [-0.15, -0.1) is 11.3 Å². The molecule has 1 N–H and O–H groups in total. The van der Waals surface area contributed by atoms with Gasteiger partial charge >= 0.3 is 0 Å². The standard InChI is InChI=1S/C24H29N5O3S/c1-3-9-25-19(30)15-29-16-26-22-20(23(29)31)17(2)21(33-22)24(32)28-12-10-27(11-13-28)14-18-7-5-4-6-8-18/h4-8,16H,3,9-15H2,1-2H3,(H,25,30). The number of benzene rings is 1. The molecule has 3 aromatic rings. The minimum absolute atomic E-state index is 0.0542. The zero-order valence-electron chi connectivity index (χ0n) is 19.0. The Morgan fingerprint density at radius 1 is 1.12 bits per heavy atom. The summed E-state index contributed by atoms with van der Waals surface area (Å²) in [4.78, 5) is 48.0. The van der Waals surface area contributed by atoms with Crippen molar-refractivity contribution in [1.29, 1.82) is 0 Å². The van der Waals surface area contributed by atoms with E-state index in [2.05, 4.69) is 27.3 Å². The molecule has 0 atom stereocenters. The lowest BCUT2D eigenvalue weighted by atomic mass is 10.1. The summed E-state index contributed by atoms with van der Waals surface area (Å²) in [6.07, 6.45) is 2.22. The van der Waals surface area contributed by atoms with Gasteiger partial charge in [-0.05, 0) is 24.5 Å². The van der Waals surface area contributed by atoms with E-state index in [-0.39, 0.29) is 23.9 Å². The van der Waals surface area contributed by atoms with Crippen LogP contribution in [0.15, 0.2) is 41.5 Å². The zero-order chi connectivity index (χ0) is 23.4. The van der Waals surface area contributed by atoms with Crippen LogP contribution in [0.5, 0.6) is 0 Å². The van der Waals surface area contributed by atoms with Gasteiger partial charge in [0, 0.05) is 39.3 Å². The van der Waals surface area contributed by atoms with Gasteiger partial charge in [-0.3, -0.25) is 23.9 Å². The van der Waals surface area contributed by atoms with Crippen LogP contribution in [-0.2, 0) is 17.9 Å². The van der Waals surface area contributed by atoms with Crippen molar-refractivity contribution in [3.8, 4) is 0 Å². The van der Waals surface area contributed by atoms with Crippen LogP contribution in [0.3, 0.4) is 0 Å². The van der Waals surface area contributed by atoms with E-state index in [0.29, 0.717) is 40.3 Å². The highest BCUT2D eigenvalue weighted by Gasteiger charge is 2.27. The third-order valence-electron chi connectivity index (χ3n) is 5.91. The van der Waals surface area contributed by atoms with Gasteiger partial charge in [-0.25, -0.2) is 4.98 Å². The van der Waals surface area contributed by atoms with Crippen LogP contribution in [-0.4, -0.2) is 63.9 Å². The van der Waals surface area contributed by atoms with Crippen molar-refractivity contribution in [2.45, 2.75) is 33.4 Å². The number of nitrogens with zero attached hydrogens (tertiary/aromatic N) is 4. The van der Waals surface area contributed by atoms with E-state index in [1.165, 1.54) is 27.8 Å². The second-order valence-corrected chi connectivity index (χ2v) is 9.32. The number of rotatable bonds is 7. The smallest absolute Gasteiger partial charge is 0.264 e. The number of hydrogen-bond acceptors (Lipinski definition) is 6. The van der Waals surface area contributed by atoms with Gasteiger partial charge in [-0.1, -0.05) is 37.3 Å². The molecule has 0 aliphatic carbocycles. The fourth-order valence-electron chi connectivity index (χ4n) is 4.05. The number of carbonyl (C=O) groups excluding carboxylic acids is 2. The number of amides is 2. The second-order valence-electron chi connectivity index (χ2n) is 8.32. The fraction of sp³-hybridized carbons (Fsp3) is 0.417. The molecule has 174 valence electrons. The molecule has 1 fully saturated rings. The van der Waals surface area contributed by atoms with E-state index in [9.17, 15) is 14.4 Å². The van der Waals surface area contributed by atoms with Gasteiger partial charge in [0.25, 0.3) is 11.5 Å². The van der Waals surface area contributed by atoms with Crippen LogP contribution < -0.4 is 10.9 Å². The van der Waals surface area contributed by atoms with Crippen molar-refractivity contribution in [3.05, 3.63) is 63.0 Å². The topological polar surface area (TPSA) is 87.5 Å².